The van der Waals surface area contributed by atoms with Crippen LogP contribution >= 0.6 is 0 Å². The van der Waals surface area contributed by atoms with Gasteiger partial charge in [0.05, 0.1) is 0 Å². The summed E-state index contributed by atoms with van der Waals surface area (Å²) in [7, 11) is 0. The van der Waals surface area contributed by atoms with E-state index in [1.165, 1.54) is 0 Å². The summed E-state index contributed by atoms with van der Waals surface area (Å²) >= 11 is 0. The van der Waals surface area contributed by atoms with Gasteiger partial charge in [-0.15, -0.1) is 0 Å². The first-order chi connectivity index (χ1) is 7.33. The molecule has 1 atom stereocenters. The Labute approximate surface area is 89.1 Å². The summed E-state index contributed by atoms with van der Waals surface area (Å²) in [6, 6.07) is 3.54. The highest BCUT2D eigenvalue weighted by Gasteiger charge is 2.20. The minimum absolute atomic E-state index is 0.0204. The molecule has 1 saturated heterocycles. The molecule has 82 valence electrons. The van der Waals surface area contributed by atoms with Crippen LogP contribution in [0.25, 0.3) is 0 Å². The summed E-state index contributed by atoms with van der Waals surface area (Å²) in [5.74, 6) is 0.771. The number of nitrogens with zero attached hydrogens (tertiary/aromatic N) is 2. The third-order valence-electron chi connectivity index (χ3n) is 2.77. The van der Waals surface area contributed by atoms with Gasteiger partial charge in [-0.1, -0.05) is 6.07 Å². The van der Waals surface area contributed by atoms with E-state index in [4.69, 9.17) is 5.73 Å². The Balaban J connectivity index is 2.28. The van der Waals surface area contributed by atoms with Crippen molar-refractivity contribution in [3.05, 3.63) is 23.9 Å². The average Bonchev–Trinajstić information content (AvgIpc) is 2.81. The Morgan fingerprint density at radius 1 is 1.47 bits per heavy atom. The fourth-order valence-corrected chi connectivity index (χ4v) is 1.97. The average molecular weight is 209 g/mol. The molecule has 0 amide bonds. The molecule has 0 radical (unpaired) electrons. The molecule has 15 heavy (non-hydrogen) atoms. The van der Waals surface area contributed by atoms with Gasteiger partial charge in [-0.2, -0.15) is 0 Å². The van der Waals surface area contributed by atoms with E-state index < -0.39 is 6.17 Å². The van der Waals surface area contributed by atoms with Crippen molar-refractivity contribution in [1.82, 2.24) is 4.98 Å². The maximum atomic E-state index is 13.6. The third-order valence-corrected chi connectivity index (χ3v) is 2.77. The molecule has 0 saturated carbocycles. The summed E-state index contributed by atoms with van der Waals surface area (Å²) < 4.78 is 13.6. The van der Waals surface area contributed by atoms with Gasteiger partial charge in [0.2, 0.25) is 0 Å². The van der Waals surface area contributed by atoms with Crippen LogP contribution in [0.2, 0.25) is 0 Å². The second-order valence-electron chi connectivity index (χ2n) is 3.81. The van der Waals surface area contributed by atoms with Crippen molar-refractivity contribution in [1.29, 1.82) is 0 Å². The van der Waals surface area contributed by atoms with Crippen molar-refractivity contribution >= 4 is 5.82 Å². The quantitative estimate of drug-likeness (QED) is 0.823. The molecule has 2 rings (SSSR count). The number of pyridine rings is 1. The topological polar surface area (TPSA) is 42.1 Å². The van der Waals surface area contributed by atoms with E-state index in [1.807, 2.05) is 0 Å². The lowest BCUT2D eigenvalue weighted by Gasteiger charge is -2.20. The maximum Gasteiger partial charge on any atom is 0.141 e. The van der Waals surface area contributed by atoms with Crippen LogP contribution in [0.15, 0.2) is 18.3 Å². The van der Waals surface area contributed by atoms with Crippen LogP contribution in [0.4, 0.5) is 10.2 Å². The normalized spacial score (nSPS) is 18.1. The standard InChI is InChI=1S/C11H16FN3/c12-10(8-13)9-4-3-5-14-11(9)15-6-1-2-7-15/h3-5,10H,1-2,6-8,13H2. The molecule has 0 bridgehead atoms. The highest BCUT2D eigenvalue weighted by Crippen LogP contribution is 2.28. The first kappa shape index (κ1) is 10.4. The summed E-state index contributed by atoms with van der Waals surface area (Å²) in [6.07, 6.45) is 2.93. The zero-order valence-corrected chi connectivity index (χ0v) is 8.69. The second kappa shape index (κ2) is 4.57. The van der Waals surface area contributed by atoms with E-state index in [1.54, 1.807) is 18.3 Å². The monoisotopic (exact) mass is 209 g/mol. The number of alkyl halides is 1. The van der Waals surface area contributed by atoms with Crippen LogP contribution < -0.4 is 10.6 Å². The molecular formula is C11H16FN3. The SMILES string of the molecule is NCC(F)c1cccnc1N1CCCC1. The molecule has 3 nitrogen and oxygen atoms in total. The molecule has 0 aliphatic carbocycles. The molecule has 2 heterocycles. The number of nitrogens with two attached hydrogens (primary N) is 1. The molecular weight excluding hydrogens is 193 g/mol. The molecule has 0 spiro atoms. The van der Waals surface area contributed by atoms with Crippen molar-refractivity contribution in [2.24, 2.45) is 5.73 Å². The summed E-state index contributed by atoms with van der Waals surface area (Å²) in [5.41, 5.74) is 5.98. The summed E-state index contributed by atoms with van der Waals surface area (Å²) in [6.45, 7) is 1.97. The van der Waals surface area contributed by atoms with Gasteiger partial charge in [-0.3, -0.25) is 0 Å². The molecule has 1 aliphatic heterocycles. The maximum absolute atomic E-state index is 13.6. The molecule has 1 unspecified atom stereocenters. The van der Waals surface area contributed by atoms with Crippen molar-refractivity contribution in [3.63, 3.8) is 0 Å². The van der Waals surface area contributed by atoms with E-state index in [-0.39, 0.29) is 6.54 Å². The Hall–Kier alpha value is -1.16. The minimum Gasteiger partial charge on any atom is -0.356 e. The Bertz CT molecular complexity index is 323. The molecule has 1 aromatic heterocycles. The Morgan fingerprint density at radius 3 is 2.87 bits per heavy atom. The molecule has 1 fully saturated rings. The van der Waals surface area contributed by atoms with Crippen LogP contribution in [0, 0.1) is 0 Å². The summed E-state index contributed by atoms with van der Waals surface area (Å²) in [5, 5.41) is 0. The molecule has 2 N–H and O–H groups in total. The molecule has 1 aliphatic rings. The van der Waals surface area contributed by atoms with E-state index in [2.05, 4.69) is 9.88 Å². The zero-order valence-electron chi connectivity index (χ0n) is 8.69. The van der Waals surface area contributed by atoms with E-state index >= 15 is 0 Å². The molecule has 1 aromatic rings. The van der Waals surface area contributed by atoms with E-state index in [0.29, 0.717) is 5.56 Å². The number of hydrogen-bond donors (Lipinski definition) is 1. The van der Waals surface area contributed by atoms with Gasteiger partial charge in [0, 0.05) is 31.4 Å². The largest absolute Gasteiger partial charge is 0.356 e. The number of rotatable bonds is 3. The lowest BCUT2D eigenvalue weighted by molar-refractivity contribution is 0.352. The van der Waals surface area contributed by atoms with Gasteiger partial charge in [-0.05, 0) is 18.9 Å². The lowest BCUT2D eigenvalue weighted by atomic mass is 10.1. The Morgan fingerprint density at radius 2 is 2.20 bits per heavy atom. The van der Waals surface area contributed by atoms with Crippen LogP contribution in [0.3, 0.4) is 0 Å². The van der Waals surface area contributed by atoms with Crippen LogP contribution in [-0.4, -0.2) is 24.6 Å². The van der Waals surface area contributed by atoms with Crippen LogP contribution in [-0.2, 0) is 0 Å². The number of halogens is 1. The second-order valence-corrected chi connectivity index (χ2v) is 3.81. The number of hydrogen-bond acceptors (Lipinski definition) is 3. The van der Waals surface area contributed by atoms with Gasteiger partial charge in [0.1, 0.15) is 12.0 Å². The zero-order chi connectivity index (χ0) is 10.7. The van der Waals surface area contributed by atoms with Crippen molar-refractivity contribution < 1.29 is 4.39 Å². The van der Waals surface area contributed by atoms with Crippen molar-refractivity contribution in [3.8, 4) is 0 Å². The lowest BCUT2D eigenvalue weighted by Crippen LogP contribution is -2.22. The van der Waals surface area contributed by atoms with Crippen molar-refractivity contribution in [2.45, 2.75) is 19.0 Å². The van der Waals surface area contributed by atoms with E-state index in [9.17, 15) is 4.39 Å². The summed E-state index contributed by atoms with van der Waals surface area (Å²) in [4.78, 5) is 6.40. The van der Waals surface area contributed by atoms with Gasteiger partial charge in [0.25, 0.3) is 0 Å². The van der Waals surface area contributed by atoms with Crippen LogP contribution in [0.5, 0.6) is 0 Å². The third kappa shape index (κ3) is 2.09. The van der Waals surface area contributed by atoms with E-state index in [0.717, 1.165) is 31.7 Å². The number of anilines is 1. The molecule has 4 heteroatoms. The van der Waals surface area contributed by atoms with Gasteiger partial charge in [-0.25, -0.2) is 9.37 Å². The van der Waals surface area contributed by atoms with Gasteiger partial charge >= 0.3 is 0 Å². The predicted octanol–water partition coefficient (Wildman–Crippen LogP) is 1.65. The first-order valence-electron chi connectivity index (χ1n) is 5.37. The molecule has 0 aromatic carbocycles. The minimum atomic E-state index is -1.10. The van der Waals surface area contributed by atoms with Gasteiger partial charge in [0.15, 0.2) is 0 Å². The Kier molecular flexibility index (Phi) is 3.16. The predicted molar refractivity (Wildman–Crippen MR) is 58.6 cm³/mol. The highest BCUT2D eigenvalue weighted by molar-refractivity contribution is 5.48. The smallest absolute Gasteiger partial charge is 0.141 e. The fraction of sp³-hybridized carbons (Fsp3) is 0.545. The fourth-order valence-electron chi connectivity index (χ4n) is 1.97. The van der Waals surface area contributed by atoms with Crippen LogP contribution in [0.1, 0.15) is 24.6 Å². The van der Waals surface area contributed by atoms with Crippen molar-refractivity contribution in [2.75, 3.05) is 24.5 Å². The number of aromatic nitrogens is 1. The highest BCUT2D eigenvalue weighted by atomic mass is 19.1. The first-order valence-corrected chi connectivity index (χ1v) is 5.37. The van der Waals surface area contributed by atoms with Gasteiger partial charge < -0.3 is 10.6 Å².